The minimum atomic E-state index is -0.416. The summed E-state index contributed by atoms with van der Waals surface area (Å²) in [5.41, 5.74) is -0.416. The molecule has 1 atom stereocenters. The van der Waals surface area contributed by atoms with Crippen molar-refractivity contribution in [2.45, 2.75) is 25.7 Å². The van der Waals surface area contributed by atoms with Crippen molar-refractivity contribution in [3.8, 4) is 0 Å². The fourth-order valence-electron chi connectivity index (χ4n) is 2.47. The van der Waals surface area contributed by atoms with Gasteiger partial charge in [-0.05, 0) is 45.2 Å². The van der Waals surface area contributed by atoms with E-state index >= 15 is 0 Å². The SMILES string of the molecule is CN1CCCC(CNC(=O)C2(CO)CC2)C1. The predicted octanol–water partition coefficient (Wildman–Crippen LogP) is 0.217. The van der Waals surface area contributed by atoms with Crippen molar-refractivity contribution >= 4 is 5.91 Å². The van der Waals surface area contributed by atoms with Crippen LogP contribution in [0.3, 0.4) is 0 Å². The lowest BCUT2D eigenvalue weighted by Gasteiger charge is -2.30. The lowest BCUT2D eigenvalue weighted by molar-refractivity contribution is -0.128. The highest BCUT2D eigenvalue weighted by Crippen LogP contribution is 2.45. The van der Waals surface area contributed by atoms with Crippen LogP contribution in [0.25, 0.3) is 0 Å². The summed E-state index contributed by atoms with van der Waals surface area (Å²) in [5, 5.41) is 12.1. The van der Waals surface area contributed by atoms with Gasteiger partial charge in [0, 0.05) is 13.1 Å². The van der Waals surface area contributed by atoms with Crippen LogP contribution in [0.4, 0.5) is 0 Å². The van der Waals surface area contributed by atoms with Crippen molar-refractivity contribution < 1.29 is 9.90 Å². The molecule has 1 aliphatic heterocycles. The number of aliphatic hydroxyl groups is 1. The predicted molar refractivity (Wildman–Crippen MR) is 62.0 cm³/mol. The molecule has 0 spiro atoms. The molecule has 1 heterocycles. The van der Waals surface area contributed by atoms with Gasteiger partial charge in [-0.25, -0.2) is 0 Å². The van der Waals surface area contributed by atoms with E-state index in [1.807, 2.05) is 0 Å². The molecule has 0 aromatic heterocycles. The summed E-state index contributed by atoms with van der Waals surface area (Å²) < 4.78 is 0. The molecule has 1 saturated carbocycles. The second kappa shape index (κ2) is 4.72. The van der Waals surface area contributed by atoms with E-state index in [0.717, 1.165) is 25.9 Å². The minimum absolute atomic E-state index is 0.00338. The number of amides is 1. The number of rotatable bonds is 4. The fraction of sp³-hybridized carbons (Fsp3) is 0.917. The van der Waals surface area contributed by atoms with Crippen LogP contribution in [0.15, 0.2) is 0 Å². The van der Waals surface area contributed by atoms with Crippen LogP contribution < -0.4 is 5.32 Å². The third-order valence-corrected chi connectivity index (χ3v) is 3.91. The van der Waals surface area contributed by atoms with Crippen LogP contribution in [0.2, 0.25) is 0 Å². The summed E-state index contributed by atoms with van der Waals surface area (Å²) in [7, 11) is 2.13. The highest BCUT2D eigenvalue weighted by atomic mass is 16.3. The van der Waals surface area contributed by atoms with Crippen molar-refractivity contribution in [1.82, 2.24) is 10.2 Å². The number of aliphatic hydroxyl groups excluding tert-OH is 1. The van der Waals surface area contributed by atoms with E-state index in [1.165, 1.54) is 19.4 Å². The smallest absolute Gasteiger partial charge is 0.228 e. The molecule has 0 radical (unpaired) electrons. The summed E-state index contributed by atoms with van der Waals surface area (Å²) in [5.74, 6) is 0.639. The van der Waals surface area contributed by atoms with E-state index in [0.29, 0.717) is 5.92 Å². The first-order chi connectivity index (χ1) is 7.66. The van der Waals surface area contributed by atoms with E-state index in [9.17, 15) is 4.79 Å². The molecule has 16 heavy (non-hydrogen) atoms. The molecule has 2 aliphatic rings. The second-order valence-electron chi connectivity index (χ2n) is 5.42. The summed E-state index contributed by atoms with van der Waals surface area (Å²) in [6, 6.07) is 0. The molecule has 92 valence electrons. The number of nitrogens with one attached hydrogen (secondary N) is 1. The molecular formula is C12H22N2O2. The van der Waals surface area contributed by atoms with Gasteiger partial charge in [-0.15, -0.1) is 0 Å². The molecule has 4 heteroatoms. The maximum absolute atomic E-state index is 11.8. The van der Waals surface area contributed by atoms with E-state index in [-0.39, 0.29) is 12.5 Å². The molecule has 4 nitrogen and oxygen atoms in total. The Hall–Kier alpha value is -0.610. The number of hydrogen-bond acceptors (Lipinski definition) is 3. The van der Waals surface area contributed by atoms with Crippen molar-refractivity contribution in [2.24, 2.45) is 11.3 Å². The van der Waals surface area contributed by atoms with Crippen molar-refractivity contribution in [3.63, 3.8) is 0 Å². The summed E-state index contributed by atoms with van der Waals surface area (Å²) in [4.78, 5) is 14.1. The maximum atomic E-state index is 11.8. The van der Waals surface area contributed by atoms with E-state index < -0.39 is 5.41 Å². The van der Waals surface area contributed by atoms with Crippen LogP contribution in [-0.2, 0) is 4.79 Å². The number of nitrogens with zero attached hydrogens (tertiary/aromatic N) is 1. The van der Waals surface area contributed by atoms with Crippen molar-refractivity contribution in [3.05, 3.63) is 0 Å². The van der Waals surface area contributed by atoms with Crippen LogP contribution in [0, 0.1) is 11.3 Å². The Balaban J connectivity index is 1.72. The van der Waals surface area contributed by atoms with Crippen molar-refractivity contribution in [2.75, 3.05) is 33.3 Å². The highest BCUT2D eigenvalue weighted by molar-refractivity contribution is 5.85. The number of carbonyl (C=O) groups excluding carboxylic acids is 1. The average Bonchev–Trinajstić information content (AvgIpc) is 3.07. The van der Waals surface area contributed by atoms with Crippen LogP contribution in [0.5, 0.6) is 0 Å². The molecule has 2 rings (SSSR count). The third-order valence-electron chi connectivity index (χ3n) is 3.91. The monoisotopic (exact) mass is 226 g/mol. The van der Waals surface area contributed by atoms with Crippen LogP contribution in [0.1, 0.15) is 25.7 Å². The zero-order valence-corrected chi connectivity index (χ0v) is 10.0. The second-order valence-corrected chi connectivity index (χ2v) is 5.42. The highest BCUT2D eigenvalue weighted by Gasteiger charge is 2.49. The Labute approximate surface area is 97.0 Å². The lowest BCUT2D eigenvalue weighted by Crippen LogP contribution is -2.42. The van der Waals surface area contributed by atoms with Crippen LogP contribution in [-0.4, -0.2) is 49.2 Å². The topological polar surface area (TPSA) is 52.6 Å². The first-order valence-corrected chi connectivity index (χ1v) is 6.24. The average molecular weight is 226 g/mol. The number of carbonyl (C=O) groups is 1. The van der Waals surface area contributed by atoms with E-state index in [1.54, 1.807) is 0 Å². The molecule has 1 unspecified atom stereocenters. The van der Waals surface area contributed by atoms with Crippen molar-refractivity contribution in [1.29, 1.82) is 0 Å². The molecule has 1 amide bonds. The number of likely N-dealkylation sites (tertiary alicyclic amines) is 1. The molecule has 0 aromatic rings. The van der Waals surface area contributed by atoms with Gasteiger partial charge in [-0.2, -0.15) is 0 Å². The zero-order chi connectivity index (χ0) is 11.6. The molecular weight excluding hydrogens is 204 g/mol. The van der Waals surface area contributed by atoms with Gasteiger partial charge in [-0.3, -0.25) is 4.79 Å². The number of piperidine rings is 1. The molecule has 0 bridgehead atoms. The molecule has 2 fully saturated rings. The van der Waals surface area contributed by atoms with E-state index in [4.69, 9.17) is 5.11 Å². The van der Waals surface area contributed by atoms with Gasteiger partial charge in [0.25, 0.3) is 0 Å². The van der Waals surface area contributed by atoms with Gasteiger partial charge in [0.1, 0.15) is 0 Å². The Kier molecular flexibility index (Phi) is 3.50. The van der Waals surface area contributed by atoms with Gasteiger partial charge >= 0.3 is 0 Å². The Morgan fingerprint density at radius 1 is 1.56 bits per heavy atom. The summed E-state index contributed by atoms with van der Waals surface area (Å²) in [6.07, 6.45) is 4.12. The summed E-state index contributed by atoms with van der Waals surface area (Å²) >= 11 is 0. The molecule has 0 aromatic carbocycles. The third kappa shape index (κ3) is 2.55. The zero-order valence-electron chi connectivity index (χ0n) is 10.0. The molecule has 2 N–H and O–H groups in total. The standard InChI is InChI=1S/C12H22N2O2/c1-14-6-2-3-10(8-14)7-13-11(16)12(9-15)4-5-12/h10,15H,2-9H2,1H3,(H,13,16). The molecule has 1 saturated heterocycles. The minimum Gasteiger partial charge on any atom is -0.395 e. The summed E-state index contributed by atoms with van der Waals surface area (Å²) in [6.45, 7) is 3.02. The Morgan fingerprint density at radius 2 is 2.31 bits per heavy atom. The lowest BCUT2D eigenvalue weighted by atomic mass is 9.98. The largest absolute Gasteiger partial charge is 0.395 e. The van der Waals surface area contributed by atoms with Gasteiger partial charge in [0.2, 0.25) is 5.91 Å². The maximum Gasteiger partial charge on any atom is 0.228 e. The number of hydrogen-bond donors (Lipinski definition) is 2. The van der Waals surface area contributed by atoms with Gasteiger partial charge < -0.3 is 15.3 Å². The van der Waals surface area contributed by atoms with Crippen LogP contribution >= 0.6 is 0 Å². The van der Waals surface area contributed by atoms with Gasteiger partial charge in [0.15, 0.2) is 0 Å². The van der Waals surface area contributed by atoms with Gasteiger partial charge in [-0.1, -0.05) is 0 Å². The Morgan fingerprint density at radius 3 is 2.88 bits per heavy atom. The first kappa shape index (κ1) is 11.9. The molecule has 1 aliphatic carbocycles. The Bertz CT molecular complexity index is 264. The van der Waals surface area contributed by atoms with E-state index in [2.05, 4.69) is 17.3 Å². The first-order valence-electron chi connectivity index (χ1n) is 6.24. The normalized spacial score (nSPS) is 28.8. The quantitative estimate of drug-likeness (QED) is 0.721. The van der Waals surface area contributed by atoms with Gasteiger partial charge in [0.05, 0.1) is 12.0 Å². The fourth-order valence-corrected chi connectivity index (χ4v) is 2.47.